The summed E-state index contributed by atoms with van der Waals surface area (Å²) in [6, 6.07) is 0. The van der Waals surface area contributed by atoms with Gasteiger partial charge in [-0.15, -0.1) is 0 Å². The Morgan fingerprint density at radius 1 is 0.800 bits per heavy atom. The minimum atomic E-state index is -3.75. The fourth-order valence-electron chi connectivity index (χ4n) is 2.05. The van der Waals surface area contributed by atoms with Gasteiger partial charge in [0.05, 0.1) is 13.2 Å². The number of rotatable bonds is 14. The third-order valence-corrected chi connectivity index (χ3v) is 4.15. The number of hydrogen-bond acceptors (Lipinski definition) is 4. The van der Waals surface area contributed by atoms with Crippen molar-refractivity contribution >= 4 is 10.4 Å². The minimum absolute atomic E-state index is 0.124. The maximum atomic E-state index is 11.1. The van der Waals surface area contributed by atoms with Crippen LogP contribution in [0.1, 0.15) is 78.6 Å². The molecule has 0 amide bonds. The van der Waals surface area contributed by atoms with Crippen LogP contribution in [0.25, 0.3) is 0 Å². The fraction of sp³-hybridized carbons (Fsp3) is 1.00. The van der Waals surface area contributed by atoms with Crippen LogP contribution in [0, 0.1) is 5.92 Å². The summed E-state index contributed by atoms with van der Waals surface area (Å²) < 4.78 is 31.3. The van der Waals surface area contributed by atoms with Crippen LogP contribution < -0.4 is 0 Å². The smallest absolute Gasteiger partial charge is 0.248 e. The van der Waals surface area contributed by atoms with Crippen LogP contribution in [-0.2, 0) is 18.8 Å². The summed E-state index contributed by atoms with van der Waals surface area (Å²) in [5, 5.41) is 0. The topological polar surface area (TPSA) is 52.6 Å². The molecule has 0 saturated carbocycles. The quantitative estimate of drug-likeness (QED) is 0.445. The lowest BCUT2D eigenvalue weighted by molar-refractivity contribution is 0.218. The zero-order valence-electron chi connectivity index (χ0n) is 13.4. The van der Waals surface area contributed by atoms with Crippen molar-refractivity contribution < 1.29 is 16.8 Å². The highest BCUT2D eigenvalue weighted by molar-refractivity contribution is 7.81. The molecule has 0 heterocycles. The third kappa shape index (κ3) is 14.3. The Hall–Kier alpha value is -0.130. The molecule has 0 aromatic heterocycles. The van der Waals surface area contributed by atoms with Crippen molar-refractivity contribution in [3.8, 4) is 0 Å². The highest BCUT2D eigenvalue weighted by Gasteiger charge is 2.09. The van der Waals surface area contributed by atoms with Crippen LogP contribution in [0.4, 0.5) is 0 Å². The van der Waals surface area contributed by atoms with Gasteiger partial charge in [0.2, 0.25) is 0 Å². The molecule has 0 bridgehead atoms. The van der Waals surface area contributed by atoms with Crippen molar-refractivity contribution in [3.63, 3.8) is 0 Å². The van der Waals surface area contributed by atoms with Gasteiger partial charge in [-0.05, 0) is 19.3 Å². The van der Waals surface area contributed by atoms with Crippen molar-refractivity contribution in [2.24, 2.45) is 5.92 Å². The molecule has 0 atom stereocenters. The molecule has 0 aliphatic carbocycles. The van der Waals surface area contributed by atoms with Gasteiger partial charge >= 0.3 is 10.4 Å². The molecule has 0 aromatic carbocycles. The summed E-state index contributed by atoms with van der Waals surface area (Å²) in [6.45, 7) is 6.53. The second-order valence-electron chi connectivity index (χ2n) is 5.65. The van der Waals surface area contributed by atoms with E-state index in [-0.39, 0.29) is 13.2 Å². The Kier molecular flexibility index (Phi) is 12.5. The molecule has 4 nitrogen and oxygen atoms in total. The van der Waals surface area contributed by atoms with Crippen LogP contribution in [-0.4, -0.2) is 21.6 Å². The highest BCUT2D eigenvalue weighted by Crippen LogP contribution is 2.12. The normalized spacial score (nSPS) is 12.2. The molecule has 0 N–H and O–H groups in total. The number of unbranched alkanes of at least 4 members (excludes halogenated alkanes) is 7. The van der Waals surface area contributed by atoms with Gasteiger partial charge in [0.1, 0.15) is 0 Å². The van der Waals surface area contributed by atoms with Crippen LogP contribution >= 0.6 is 0 Å². The molecule has 0 aliphatic rings. The molecule has 20 heavy (non-hydrogen) atoms. The van der Waals surface area contributed by atoms with Crippen molar-refractivity contribution in [1.29, 1.82) is 0 Å². The zero-order valence-corrected chi connectivity index (χ0v) is 14.2. The zero-order chi connectivity index (χ0) is 15.3. The molecular weight excluding hydrogens is 276 g/mol. The van der Waals surface area contributed by atoms with Crippen molar-refractivity contribution in [1.82, 2.24) is 0 Å². The van der Waals surface area contributed by atoms with Crippen LogP contribution in [0.5, 0.6) is 0 Å². The first-order valence-electron chi connectivity index (χ1n) is 8.01. The Balaban J connectivity index is 3.21. The third-order valence-electron chi connectivity index (χ3n) is 3.17. The molecule has 0 spiro atoms. The summed E-state index contributed by atoms with van der Waals surface area (Å²) in [4.78, 5) is 0. The fourth-order valence-corrected chi connectivity index (χ4v) is 2.73. The van der Waals surface area contributed by atoms with Gasteiger partial charge in [0.15, 0.2) is 0 Å². The summed E-state index contributed by atoms with van der Waals surface area (Å²) in [6.07, 6.45) is 10.8. The SMILES string of the molecule is CCOS(=O)(=O)OCCCCCCCCCCC(C)C. The standard InChI is InChI=1S/C15H32O4S/c1-4-18-20(16,17)19-14-12-10-8-6-5-7-9-11-13-15(2)3/h15H,4-14H2,1-3H3. The monoisotopic (exact) mass is 308 g/mol. The Morgan fingerprint density at radius 3 is 1.80 bits per heavy atom. The molecule has 5 heteroatoms. The summed E-state index contributed by atoms with van der Waals surface area (Å²) in [5.41, 5.74) is 0. The molecule has 0 aromatic rings. The summed E-state index contributed by atoms with van der Waals surface area (Å²) >= 11 is 0. The van der Waals surface area contributed by atoms with E-state index in [2.05, 4.69) is 18.0 Å². The first-order chi connectivity index (χ1) is 9.48. The first-order valence-corrected chi connectivity index (χ1v) is 9.35. The van der Waals surface area contributed by atoms with E-state index in [0.29, 0.717) is 0 Å². The van der Waals surface area contributed by atoms with Crippen LogP contribution in [0.15, 0.2) is 0 Å². The second kappa shape index (κ2) is 12.6. The van der Waals surface area contributed by atoms with Gasteiger partial charge in [-0.2, -0.15) is 8.42 Å². The van der Waals surface area contributed by atoms with Gasteiger partial charge in [-0.25, -0.2) is 8.37 Å². The van der Waals surface area contributed by atoms with E-state index in [1.165, 1.54) is 38.5 Å². The Morgan fingerprint density at radius 2 is 1.30 bits per heavy atom. The average Bonchev–Trinajstić information content (AvgIpc) is 2.35. The Labute approximate surface area is 125 Å². The van der Waals surface area contributed by atoms with Gasteiger partial charge in [0.25, 0.3) is 0 Å². The maximum Gasteiger partial charge on any atom is 0.399 e. The van der Waals surface area contributed by atoms with Gasteiger partial charge in [0, 0.05) is 0 Å². The maximum absolute atomic E-state index is 11.1. The summed E-state index contributed by atoms with van der Waals surface area (Å²) in [5.74, 6) is 0.822. The van der Waals surface area contributed by atoms with Crippen molar-refractivity contribution in [2.45, 2.75) is 78.6 Å². The number of hydrogen-bond donors (Lipinski definition) is 0. The van der Waals surface area contributed by atoms with Crippen molar-refractivity contribution in [2.75, 3.05) is 13.2 Å². The molecule has 0 rings (SSSR count). The largest absolute Gasteiger partial charge is 0.399 e. The van der Waals surface area contributed by atoms with Gasteiger partial charge in [-0.3, -0.25) is 0 Å². The lowest BCUT2D eigenvalue weighted by Gasteiger charge is -2.05. The molecular formula is C15H32O4S. The van der Waals surface area contributed by atoms with E-state index in [9.17, 15) is 8.42 Å². The van der Waals surface area contributed by atoms with Gasteiger partial charge < -0.3 is 0 Å². The van der Waals surface area contributed by atoms with E-state index in [1.807, 2.05) is 0 Å². The molecule has 0 radical (unpaired) electrons. The predicted octanol–water partition coefficient (Wildman–Crippen LogP) is 4.45. The van der Waals surface area contributed by atoms with Gasteiger partial charge in [-0.1, -0.05) is 65.2 Å². The molecule has 122 valence electrons. The minimum Gasteiger partial charge on any atom is -0.248 e. The van der Waals surface area contributed by atoms with E-state index in [1.54, 1.807) is 6.92 Å². The first kappa shape index (κ1) is 19.9. The molecule has 0 fully saturated rings. The average molecular weight is 308 g/mol. The van der Waals surface area contributed by atoms with E-state index in [0.717, 1.165) is 25.2 Å². The van der Waals surface area contributed by atoms with Crippen LogP contribution in [0.3, 0.4) is 0 Å². The van der Waals surface area contributed by atoms with E-state index >= 15 is 0 Å². The van der Waals surface area contributed by atoms with Crippen LogP contribution in [0.2, 0.25) is 0 Å². The Bertz CT molecular complexity index is 299. The predicted molar refractivity (Wildman–Crippen MR) is 82.9 cm³/mol. The lowest BCUT2D eigenvalue weighted by Crippen LogP contribution is -2.10. The lowest BCUT2D eigenvalue weighted by atomic mass is 10.0. The highest BCUT2D eigenvalue weighted by atomic mass is 32.3. The molecule has 0 saturated heterocycles. The molecule has 0 unspecified atom stereocenters. The van der Waals surface area contributed by atoms with E-state index < -0.39 is 10.4 Å². The molecule has 0 aliphatic heterocycles. The summed E-state index contributed by atoms with van der Waals surface area (Å²) in [7, 11) is -3.75. The second-order valence-corrected chi connectivity index (χ2v) is 6.94. The van der Waals surface area contributed by atoms with E-state index in [4.69, 9.17) is 4.18 Å². The van der Waals surface area contributed by atoms with Crippen molar-refractivity contribution in [3.05, 3.63) is 0 Å².